The van der Waals surface area contributed by atoms with E-state index in [1.807, 2.05) is 40.4 Å². The van der Waals surface area contributed by atoms with Gasteiger partial charge in [-0.3, -0.25) is 9.59 Å². The van der Waals surface area contributed by atoms with Crippen LogP contribution in [0.25, 0.3) is 5.69 Å². The Bertz CT molecular complexity index is 1090. The molecule has 6 nitrogen and oxygen atoms in total. The molecule has 0 spiro atoms. The van der Waals surface area contributed by atoms with Crippen LogP contribution in [0.4, 0.5) is 11.4 Å². The molecule has 4 rings (SSSR count). The maximum Gasteiger partial charge on any atom is 0.257 e. The summed E-state index contributed by atoms with van der Waals surface area (Å²) in [4.78, 5) is 29.1. The zero-order valence-electron chi connectivity index (χ0n) is 14.7. The Labute approximate surface area is 165 Å². The first-order valence-corrected chi connectivity index (χ1v) is 9.47. The molecule has 2 heterocycles. The zero-order valence-corrected chi connectivity index (χ0v) is 15.5. The Kier molecular flexibility index (Phi) is 4.99. The number of hydrogen-bond donors (Lipinski definition) is 2. The Morgan fingerprint density at radius 1 is 0.929 bits per heavy atom. The van der Waals surface area contributed by atoms with E-state index in [0.29, 0.717) is 22.5 Å². The van der Waals surface area contributed by atoms with Gasteiger partial charge in [-0.2, -0.15) is 11.3 Å². The van der Waals surface area contributed by atoms with Crippen molar-refractivity contribution in [1.29, 1.82) is 0 Å². The number of amides is 2. The van der Waals surface area contributed by atoms with Gasteiger partial charge in [0.05, 0.1) is 23.1 Å². The summed E-state index contributed by atoms with van der Waals surface area (Å²) >= 11 is 1.45. The average Bonchev–Trinajstić information content (AvgIpc) is 3.43. The molecule has 0 aliphatic rings. The van der Waals surface area contributed by atoms with E-state index in [4.69, 9.17) is 0 Å². The first-order chi connectivity index (χ1) is 13.7. The number of thiophene rings is 1. The molecular formula is C21H16N4O2S. The second-order valence-electron chi connectivity index (χ2n) is 5.98. The van der Waals surface area contributed by atoms with Crippen molar-refractivity contribution in [2.24, 2.45) is 0 Å². The van der Waals surface area contributed by atoms with Gasteiger partial charge in [0.1, 0.15) is 0 Å². The summed E-state index contributed by atoms with van der Waals surface area (Å²) < 4.78 is 1.88. The number of carbonyl (C=O) groups is 2. The molecule has 0 aliphatic carbocycles. The van der Waals surface area contributed by atoms with Gasteiger partial charge in [-0.25, -0.2) is 4.98 Å². The van der Waals surface area contributed by atoms with Crippen molar-refractivity contribution in [2.45, 2.75) is 0 Å². The summed E-state index contributed by atoms with van der Waals surface area (Å²) in [5, 5.41) is 9.27. The van der Waals surface area contributed by atoms with Gasteiger partial charge in [0.15, 0.2) is 0 Å². The van der Waals surface area contributed by atoms with Crippen LogP contribution < -0.4 is 10.6 Å². The van der Waals surface area contributed by atoms with Crippen LogP contribution in [0.5, 0.6) is 0 Å². The molecule has 0 fully saturated rings. The normalized spacial score (nSPS) is 10.4. The first-order valence-electron chi connectivity index (χ1n) is 8.53. The van der Waals surface area contributed by atoms with E-state index in [-0.39, 0.29) is 11.8 Å². The number of nitrogens with one attached hydrogen (secondary N) is 2. The fraction of sp³-hybridized carbons (Fsp3) is 0. The fourth-order valence-electron chi connectivity index (χ4n) is 2.71. The highest BCUT2D eigenvalue weighted by atomic mass is 32.1. The van der Waals surface area contributed by atoms with Crippen molar-refractivity contribution in [1.82, 2.24) is 9.55 Å². The van der Waals surface area contributed by atoms with Crippen LogP contribution in [0.1, 0.15) is 20.7 Å². The molecule has 138 valence electrons. The fourth-order valence-corrected chi connectivity index (χ4v) is 3.34. The number of benzene rings is 2. The van der Waals surface area contributed by atoms with Crippen molar-refractivity contribution < 1.29 is 9.59 Å². The lowest BCUT2D eigenvalue weighted by Gasteiger charge is -2.11. The van der Waals surface area contributed by atoms with E-state index < -0.39 is 0 Å². The summed E-state index contributed by atoms with van der Waals surface area (Å²) in [5.74, 6) is -0.539. The SMILES string of the molecule is O=C(Nc1ccccc1C(=O)Nc1ccc(-n2ccnc2)cc1)c1ccsc1. The van der Waals surface area contributed by atoms with Crippen LogP contribution in [0.15, 0.2) is 84.1 Å². The van der Waals surface area contributed by atoms with Gasteiger partial charge in [-0.1, -0.05) is 12.1 Å². The molecule has 2 N–H and O–H groups in total. The minimum atomic E-state index is -0.295. The number of carbonyl (C=O) groups excluding carboxylic acids is 2. The van der Waals surface area contributed by atoms with Crippen molar-refractivity contribution in [3.05, 3.63) is 95.2 Å². The summed E-state index contributed by atoms with van der Waals surface area (Å²) in [6, 6.07) is 16.1. The van der Waals surface area contributed by atoms with E-state index >= 15 is 0 Å². The first kappa shape index (κ1) is 17.7. The zero-order chi connectivity index (χ0) is 19.3. The average molecular weight is 388 g/mol. The summed E-state index contributed by atoms with van der Waals surface area (Å²) in [6.07, 6.45) is 5.26. The Hall–Kier alpha value is -3.71. The quantitative estimate of drug-likeness (QED) is 0.531. The molecule has 0 aliphatic heterocycles. The molecule has 4 aromatic rings. The predicted octanol–water partition coefficient (Wildman–Crippen LogP) is 4.44. The minimum absolute atomic E-state index is 0.244. The van der Waals surface area contributed by atoms with Gasteiger partial charge in [0, 0.05) is 29.1 Å². The Morgan fingerprint density at radius 2 is 1.75 bits per heavy atom. The molecule has 0 saturated heterocycles. The summed E-state index contributed by atoms with van der Waals surface area (Å²) in [6.45, 7) is 0. The molecule has 0 atom stereocenters. The van der Waals surface area contributed by atoms with Crippen molar-refractivity contribution in [3.63, 3.8) is 0 Å². The lowest BCUT2D eigenvalue weighted by Crippen LogP contribution is -2.18. The maximum absolute atomic E-state index is 12.7. The van der Waals surface area contributed by atoms with Crippen LogP contribution in [0.2, 0.25) is 0 Å². The Balaban J connectivity index is 1.50. The highest BCUT2D eigenvalue weighted by Crippen LogP contribution is 2.20. The number of para-hydroxylation sites is 1. The predicted molar refractivity (Wildman–Crippen MR) is 110 cm³/mol. The van der Waals surface area contributed by atoms with Crippen molar-refractivity contribution in [3.8, 4) is 5.69 Å². The van der Waals surface area contributed by atoms with Gasteiger partial charge in [-0.05, 0) is 47.8 Å². The molecule has 28 heavy (non-hydrogen) atoms. The highest BCUT2D eigenvalue weighted by Gasteiger charge is 2.14. The maximum atomic E-state index is 12.7. The third kappa shape index (κ3) is 3.84. The van der Waals surface area contributed by atoms with Crippen LogP contribution >= 0.6 is 11.3 Å². The standard InChI is InChI=1S/C21H16N4O2S/c26-20(15-9-12-28-13-15)24-19-4-2-1-3-18(19)21(27)23-16-5-7-17(8-6-16)25-11-10-22-14-25/h1-14H,(H,23,27)(H,24,26). The molecule has 2 amide bonds. The van der Waals surface area contributed by atoms with Crippen LogP contribution in [0.3, 0.4) is 0 Å². The number of imidazole rings is 1. The lowest BCUT2D eigenvalue weighted by atomic mass is 10.1. The van der Waals surface area contributed by atoms with Gasteiger partial charge in [0.25, 0.3) is 11.8 Å². The molecule has 7 heteroatoms. The highest BCUT2D eigenvalue weighted by molar-refractivity contribution is 7.08. The van der Waals surface area contributed by atoms with Crippen LogP contribution in [0, 0.1) is 0 Å². The number of anilines is 2. The smallest absolute Gasteiger partial charge is 0.257 e. The number of nitrogens with zero attached hydrogens (tertiary/aromatic N) is 2. The molecule has 2 aromatic heterocycles. The lowest BCUT2D eigenvalue weighted by molar-refractivity contribution is 0.102. The van der Waals surface area contributed by atoms with E-state index in [9.17, 15) is 9.59 Å². The van der Waals surface area contributed by atoms with Crippen LogP contribution in [-0.2, 0) is 0 Å². The van der Waals surface area contributed by atoms with Crippen molar-refractivity contribution in [2.75, 3.05) is 10.6 Å². The van der Waals surface area contributed by atoms with E-state index in [1.165, 1.54) is 11.3 Å². The second-order valence-corrected chi connectivity index (χ2v) is 6.76. The minimum Gasteiger partial charge on any atom is -0.322 e. The summed E-state index contributed by atoms with van der Waals surface area (Å²) in [5.41, 5.74) is 3.03. The third-order valence-corrected chi connectivity index (χ3v) is 4.81. The van der Waals surface area contributed by atoms with E-state index in [0.717, 1.165) is 5.69 Å². The molecular weight excluding hydrogens is 372 g/mol. The number of hydrogen-bond acceptors (Lipinski definition) is 4. The number of rotatable bonds is 5. The monoisotopic (exact) mass is 388 g/mol. The molecule has 0 radical (unpaired) electrons. The van der Waals surface area contributed by atoms with Gasteiger partial charge >= 0.3 is 0 Å². The largest absolute Gasteiger partial charge is 0.322 e. The topological polar surface area (TPSA) is 76.0 Å². The second kappa shape index (κ2) is 7.89. The molecule has 0 saturated carbocycles. The summed E-state index contributed by atoms with van der Waals surface area (Å²) in [7, 11) is 0. The van der Waals surface area contributed by atoms with Gasteiger partial charge < -0.3 is 15.2 Å². The molecule has 0 bridgehead atoms. The third-order valence-electron chi connectivity index (χ3n) is 4.13. The Morgan fingerprint density at radius 3 is 2.46 bits per heavy atom. The van der Waals surface area contributed by atoms with Crippen molar-refractivity contribution >= 4 is 34.5 Å². The van der Waals surface area contributed by atoms with Gasteiger partial charge in [0.2, 0.25) is 0 Å². The van der Waals surface area contributed by atoms with Crippen LogP contribution in [-0.4, -0.2) is 21.4 Å². The van der Waals surface area contributed by atoms with E-state index in [2.05, 4.69) is 15.6 Å². The molecule has 2 aromatic carbocycles. The van der Waals surface area contributed by atoms with E-state index in [1.54, 1.807) is 48.2 Å². The van der Waals surface area contributed by atoms with Gasteiger partial charge in [-0.15, -0.1) is 0 Å². The molecule has 0 unspecified atom stereocenters. The number of aromatic nitrogens is 2.